The average Bonchev–Trinajstić information content (AvgIpc) is 2.42. The molecule has 3 heteroatoms. The number of hydrogen-bond acceptors (Lipinski definition) is 3. The number of para-hydroxylation sites is 1. The van der Waals surface area contributed by atoms with Crippen molar-refractivity contribution in [1.29, 1.82) is 0 Å². The summed E-state index contributed by atoms with van der Waals surface area (Å²) in [5.41, 5.74) is 1.03. The molecule has 0 amide bonds. The Bertz CT molecular complexity index is 538. The fourth-order valence-corrected chi connectivity index (χ4v) is 3.89. The molecule has 0 bridgehead atoms. The largest absolute Gasteiger partial charge is 0.392 e. The highest BCUT2D eigenvalue weighted by molar-refractivity contribution is 8.00. The zero-order valence-corrected chi connectivity index (χ0v) is 11.1. The molecule has 2 atom stereocenters. The maximum atomic E-state index is 10.1. The summed E-state index contributed by atoms with van der Waals surface area (Å²) in [6, 6.07) is 10.3. The van der Waals surface area contributed by atoms with Crippen molar-refractivity contribution in [1.82, 2.24) is 4.98 Å². The second kappa shape index (κ2) is 5.29. The number of pyridine rings is 1. The molecule has 1 aliphatic carbocycles. The third kappa shape index (κ3) is 2.38. The smallest absolute Gasteiger partial charge is 0.0713 e. The number of benzene rings is 1. The summed E-state index contributed by atoms with van der Waals surface area (Å²) in [6.45, 7) is 0. The normalized spacial score (nSPS) is 24.3. The van der Waals surface area contributed by atoms with E-state index in [0.29, 0.717) is 5.25 Å². The van der Waals surface area contributed by atoms with Gasteiger partial charge in [0.05, 0.1) is 11.6 Å². The summed E-state index contributed by atoms with van der Waals surface area (Å²) in [5.74, 6) is 0. The maximum Gasteiger partial charge on any atom is 0.0713 e. The zero-order valence-electron chi connectivity index (χ0n) is 10.2. The van der Waals surface area contributed by atoms with Crippen LogP contribution in [-0.2, 0) is 0 Å². The van der Waals surface area contributed by atoms with E-state index in [1.54, 1.807) is 0 Å². The first kappa shape index (κ1) is 12.0. The van der Waals surface area contributed by atoms with Gasteiger partial charge in [0.25, 0.3) is 0 Å². The monoisotopic (exact) mass is 259 g/mol. The van der Waals surface area contributed by atoms with E-state index in [9.17, 15) is 5.11 Å². The maximum absolute atomic E-state index is 10.1. The number of thioether (sulfide) groups is 1. The minimum atomic E-state index is -0.157. The first-order valence-electron chi connectivity index (χ1n) is 6.53. The predicted molar refractivity (Wildman–Crippen MR) is 75.9 cm³/mol. The SMILES string of the molecule is OC1CCCCC1Sc1ccnc2ccccc12. The Hall–Kier alpha value is -1.06. The second-order valence-corrected chi connectivity index (χ2v) is 6.12. The van der Waals surface area contributed by atoms with Crippen LogP contribution in [0.15, 0.2) is 41.4 Å². The minimum absolute atomic E-state index is 0.157. The molecule has 0 spiro atoms. The van der Waals surface area contributed by atoms with Crippen molar-refractivity contribution in [3.05, 3.63) is 36.5 Å². The van der Waals surface area contributed by atoms with Gasteiger partial charge in [-0.05, 0) is 25.0 Å². The fraction of sp³-hybridized carbons (Fsp3) is 0.400. The number of rotatable bonds is 2. The van der Waals surface area contributed by atoms with Crippen LogP contribution in [-0.4, -0.2) is 21.4 Å². The molecule has 0 radical (unpaired) electrons. The number of hydrogen-bond donors (Lipinski definition) is 1. The third-order valence-corrected chi connectivity index (χ3v) is 5.02. The predicted octanol–water partition coefficient (Wildman–Crippen LogP) is 3.63. The van der Waals surface area contributed by atoms with Crippen LogP contribution < -0.4 is 0 Å². The van der Waals surface area contributed by atoms with Crippen LogP contribution in [0.5, 0.6) is 0 Å². The van der Waals surface area contributed by atoms with Crippen LogP contribution in [0.2, 0.25) is 0 Å². The topological polar surface area (TPSA) is 33.1 Å². The van der Waals surface area contributed by atoms with E-state index >= 15 is 0 Å². The molecule has 1 heterocycles. The zero-order chi connectivity index (χ0) is 12.4. The quantitative estimate of drug-likeness (QED) is 0.894. The van der Waals surface area contributed by atoms with Gasteiger partial charge in [-0.3, -0.25) is 4.98 Å². The Morgan fingerprint density at radius 2 is 1.94 bits per heavy atom. The van der Waals surface area contributed by atoms with Crippen LogP contribution in [0, 0.1) is 0 Å². The Morgan fingerprint density at radius 3 is 2.83 bits per heavy atom. The van der Waals surface area contributed by atoms with Crippen LogP contribution >= 0.6 is 11.8 Å². The number of aliphatic hydroxyl groups excluding tert-OH is 1. The molecule has 1 saturated carbocycles. The molecule has 0 saturated heterocycles. The lowest BCUT2D eigenvalue weighted by atomic mass is 9.97. The van der Waals surface area contributed by atoms with E-state index in [1.807, 2.05) is 36.2 Å². The van der Waals surface area contributed by atoms with Crippen LogP contribution in [0.3, 0.4) is 0 Å². The molecule has 1 aromatic heterocycles. The highest BCUT2D eigenvalue weighted by Crippen LogP contribution is 2.36. The van der Waals surface area contributed by atoms with Crippen molar-refractivity contribution in [2.45, 2.75) is 41.9 Å². The molecule has 0 aliphatic heterocycles. The summed E-state index contributed by atoms with van der Waals surface area (Å²) < 4.78 is 0. The van der Waals surface area contributed by atoms with Crippen molar-refractivity contribution in [3.8, 4) is 0 Å². The fourth-order valence-electron chi connectivity index (χ4n) is 2.55. The summed E-state index contributed by atoms with van der Waals surface area (Å²) in [7, 11) is 0. The van der Waals surface area contributed by atoms with Gasteiger partial charge >= 0.3 is 0 Å². The Morgan fingerprint density at radius 1 is 1.11 bits per heavy atom. The first-order valence-corrected chi connectivity index (χ1v) is 7.41. The molecular formula is C15H17NOS. The molecule has 2 aromatic rings. The molecule has 3 rings (SSSR count). The van der Waals surface area contributed by atoms with Gasteiger partial charge in [-0.25, -0.2) is 0 Å². The van der Waals surface area contributed by atoms with Gasteiger partial charge in [-0.15, -0.1) is 11.8 Å². The highest BCUT2D eigenvalue weighted by Gasteiger charge is 2.24. The van der Waals surface area contributed by atoms with Crippen molar-refractivity contribution in [3.63, 3.8) is 0 Å². The first-order chi connectivity index (χ1) is 8.84. The van der Waals surface area contributed by atoms with Crippen LogP contribution in [0.4, 0.5) is 0 Å². The van der Waals surface area contributed by atoms with Crippen molar-refractivity contribution >= 4 is 22.7 Å². The van der Waals surface area contributed by atoms with Gasteiger partial charge in [0.2, 0.25) is 0 Å². The Labute approximate surface area is 111 Å². The van der Waals surface area contributed by atoms with Gasteiger partial charge in [0, 0.05) is 21.7 Å². The van der Waals surface area contributed by atoms with Gasteiger partial charge in [-0.1, -0.05) is 31.0 Å². The lowest BCUT2D eigenvalue weighted by Crippen LogP contribution is -2.26. The van der Waals surface area contributed by atoms with E-state index in [4.69, 9.17) is 0 Å². The van der Waals surface area contributed by atoms with Crippen LogP contribution in [0.1, 0.15) is 25.7 Å². The lowest BCUT2D eigenvalue weighted by molar-refractivity contribution is 0.137. The summed E-state index contributed by atoms with van der Waals surface area (Å²) in [5, 5.41) is 11.6. The molecule has 2 nitrogen and oxygen atoms in total. The number of aliphatic hydroxyl groups is 1. The van der Waals surface area contributed by atoms with Gasteiger partial charge in [0.15, 0.2) is 0 Å². The van der Waals surface area contributed by atoms with Crippen molar-refractivity contribution in [2.24, 2.45) is 0 Å². The number of nitrogens with zero attached hydrogens (tertiary/aromatic N) is 1. The van der Waals surface area contributed by atoms with Gasteiger partial charge in [-0.2, -0.15) is 0 Å². The average molecular weight is 259 g/mol. The second-order valence-electron chi connectivity index (χ2n) is 4.83. The van der Waals surface area contributed by atoms with E-state index in [0.717, 1.165) is 24.8 Å². The molecular weight excluding hydrogens is 242 g/mol. The Balaban J connectivity index is 1.90. The standard InChI is InChI=1S/C15H17NOS/c17-13-7-3-4-8-15(13)18-14-9-10-16-12-6-2-1-5-11(12)14/h1-2,5-6,9-10,13,15,17H,3-4,7-8H2. The summed E-state index contributed by atoms with van der Waals surface area (Å²) in [6.07, 6.45) is 6.16. The van der Waals surface area contributed by atoms with Crippen LogP contribution in [0.25, 0.3) is 10.9 Å². The molecule has 1 aromatic carbocycles. The van der Waals surface area contributed by atoms with E-state index < -0.39 is 0 Å². The molecule has 94 valence electrons. The number of aromatic nitrogens is 1. The highest BCUT2D eigenvalue weighted by atomic mass is 32.2. The van der Waals surface area contributed by atoms with E-state index in [2.05, 4.69) is 17.1 Å². The molecule has 1 aliphatic rings. The summed E-state index contributed by atoms with van der Waals surface area (Å²) >= 11 is 1.81. The number of fused-ring (bicyclic) bond motifs is 1. The van der Waals surface area contributed by atoms with Crippen molar-refractivity contribution < 1.29 is 5.11 Å². The van der Waals surface area contributed by atoms with E-state index in [1.165, 1.54) is 16.7 Å². The lowest BCUT2D eigenvalue weighted by Gasteiger charge is -2.27. The van der Waals surface area contributed by atoms with Crippen molar-refractivity contribution in [2.75, 3.05) is 0 Å². The molecule has 1 N–H and O–H groups in total. The third-order valence-electron chi connectivity index (χ3n) is 3.56. The minimum Gasteiger partial charge on any atom is -0.392 e. The molecule has 1 fully saturated rings. The summed E-state index contributed by atoms with van der Waals surface area (Å²) in [4.78, 5) is 5.62. The van der Waals surface area contributed by atoms with Gasteiger partial charge in [0.1, 0.15) is 0 Å². The van der Waals surface area contributed by atoms with E-state index in [-0.39, 0.29) is 6.10 Å². The Kier molecular flexibility index (Phi) is 3.52. The molecule has 2 unspecified atom stereocenters. The molecule has 18 heavy (non-hydrogen) atoms. The van der Waals surface area contributed by atoms with Gasteiger partial charge < -0.3 is 5.11 Å².